The van der Waals surface area contributed by atoms with Crippen LogP contribution in [0.25, 0.3) is 0 Å². The number of methoxy groups -OCH3 is 2. The average molecular weight is 297 g/mol. The van der Waals surface area contributed by atoms with Gasteiger partial charge in [0.25, 0.3) is 0 Å². The topological polar surface area (TPSA) is 30.5 Å². The molecule has 0 heterocycles. The van der Waals surface area contributed by atoms with Crippen LogP contribution in [0.15, 0.2) is 36.4 Å². The molecule has 2 aromatic carbocycles. The minimum atomic E-state index is 0.761. The van der Waals surface area contributed by atoms with E-state index < -0.39 is 0 Å². The lowest BCUT2D eigenvalue weighted by Gasteiger charge is -2.13. The van der Waals surface area contributed by atoms with Crippen molar-refractivity contribution in [1.29, 1.82) is 0 Å². The largest absolute Gasteiger partial charge is 0.493 e. The molecule has 0 unspecified atom stereocenters. The first-order valence-corrected chi connectivity index (χ1v) is 7.83. The number of rotatable bonds is 6. The molecular formula is C19H23NO2. The fraction of sp³-hybridized carbons (Fsp3) is 0.368. The maximum Gasteiger partial charge on any atom is 0.165 e. The molecule has 2 aromatic rings. The van der Waals surface area contributed by atoms with E-state index in [1.165, 1.54) is 36.0 Å². The van der Waals surface area contributed by atoms with Gasteiger partial charge in [0, 0.05) is 18.7 Å². The molecular weight excluding hydrogens is 274 g/mol. The molecule has 1 N–H and O–H groups in total. The van der Waals surface area contributed by atoms with Crippen LogP contribution in [0.5, 0.6) is 11.5 Å². The lowest BCUT2D eigenvalue weighted by molar-refractivity contribution is 0.350. The molecule has 3 rings (SSSR count). The molecule has 0 spiro atoms. The Labute approximate surface area is 132 Å². The average Bonchev–Trinajstić information content (AvgIpc) is 3.02. The lowest BCUT2D eigenvalue weighted by atomic mass is 10.1. The van der Waals surface area contributed by atoms with Crippen LogP contribution in [0.4, 0.5) is 0 Å². The first-order valence-electron chi connectivity index (χ1n) is 7.83. The summed E-state index contributed by atoms with van der Waals surface area (Å²) >= 11 is 0. The van der Waals surface area contributed by atoms with Crippen molar-refractivity contribution in [3.63, 3.8) is 0 Å². The normalized spacial score (nSPS) is 13.0. The van der Waals surface area contributed by atoms with Crippen LogP contribution in [0.1, 0.15) is 28.7 Å². The van der Waals surface area contributed by atoms with Gasteiger partial charge >= 0.3 is 0 Å². The van der Waals surface area contributed by atoms with E-state index in [1.807, 2.05) is 12.1 Å². The number of nitrogens with one attached hydrogen (secondary N) is 1. The summed E-state index contributed by atoms with van der Waals surface area (Å²) < 4.78 is 10.8. The monoisotopic (exact) mass is 297 g/mol. The summed E-state index contributed by atoms with van der Waals surface area (Å²) in [6.45, 7) is 1.63. The minimum Gasteiger partial charge on any atom is -0.493 e. The molecule has 3 heteroatoms. The highest BCUT2D eigenvalue weighted by molar-refractivity contribution is 5.46. The minimum absolute atomic E-state index is 0.761. The molecule has 3 nitrogen and oxygen atoms in total. The number of ether oxygens (including phenoxy) is 2. The molecule has 1 aliphatic rings. The summed E-state index contributed by atoms with van der Waals surface area (Å²) in [5.74, 6) is 1.59. The van der Waals surface area contributed by atoms with Crippen molar-refractivity contribution in [2.45, 2.75) is 32.4 Å². The van der Waals surface area contributed by atoms with Crippen molar-refractivity contribution in [1.82, 2.24) is 5.32 Å². The van der Waals surface area contributed by atoms with E-state index in [4.69, 9.17) is 9.47 Å². The van der Waals surface area contributed by atoms with Crippen molar-refractivity contribution < 1.29 is 9.47 Å². The fourth-order valence-electron chi connectivity index (χ4n) is 3.17. The predicted molar refractivity (Wildman–Crippen MR) is 88.6 cm³/mol. The summed E-state index contributed by atoms with van der Waals surface area (Å²) in [6, 6.07) is 12.8. The van der Waals surface area contributed by atoms with Crippen LogP contribution in [-0.4, -0.2) is 14.2 Å². The third-order valence-corrected chi connectivity index (χ3v) is 4.29. The van der Waals surface area contributed by atoms with Gasteiger partial charge in [-0.15, -0.1) is 0 Å². The molecule has 0 bridgehead atoms. The summed E-state index contributed by atoms with van der Waals surface area (Å²) in [5.41, 5.74) is 5.52. The zero-order valence-corrected chi connectivity index (χ0v) is 13.3. The van der Waals surface area contributed by atoms with Gasteiger partial charge in [0.1, 0.15) is 0 Å². The summed E-state index contributed by atoms with van der Waals surface area (Å²) in [5, 5.41) is 3.50. The van der Waals surface area contributed by atoms with Gasteiger partial charge in [0.15, 0.2) is 11.5 Å². The smallest absolute Gasteiger partial charge is 0.165 e. The second-order valence-corrected chi connectivity index (χ2v) is 5.71. The molecule has 1 aliphatic carbocycles. The van der Waals surface area contributed by atoms with E-state index >= 15 is 0 Å². The lowest BCUT2D eigenvalue weighted by Crippen LogP contribution is -2.13. The Balaban J connectivity index is 1.64. The number of aryl methyl sites for hydroxylation is 2. The van der Waals surface area contributed by atoms with Gasteiger partial charge in [0.2, 0.25) is 0 Å². The Morgan fingerprint density at radius 1 is 0.955 bits per heavy atom. The van der Waals surface area contributed by atoms with Gasteiger partial charge < -0.3 is 14.8 Å². The van der Waals surface area contributed by atoms with E-state index in [9.17, 15) is 0 Å². The van der Waals surface area contributed by atoms with Crippen molar-refractivity contribution in [2.75, 3.05) is 14.2 Å². The number of hydrogen-bond donors (Lipinski definition) is 1. The molecule has 22 heavy (non-hydrogen) atoms. The van der Waals surface area contributed by atoms with Gasteiger partial charge in [0.05, 0.1) is 14.2 Å². The summed E-state index contributed by atoms with van der Waals surface area (Å²) in [4.78, 5) is 0. The van der Waals surface area contributed by atoms with Crippen LogP contribution < -0.4 is 14.8 Å². The highest BCUT2D eigenvalue weighted by Crippen LogP contribution is 2.30. The molecule has 116 valence electrons. The van der Waals surface area contributed by atoms with Crippen molar-refractivity contribution >= 4 is 0 Å². The number of para-hydroxylation sites is 1. The zero-order chi connectivity index (χ0) is 15.4. The number of fused-ring (bicyclic) bond motifs is 1. The second kappa shape index (κ2) is 6.84. The second-order valence-electron chi connectivity index (χ2n) is 5.71. The molecule has 0 aromatic heterocycles. The van der Waals surface area contributed by atoms with Crippen LogP contribution >= 0.6 is 0 Å². The van der Waals surface area contributed by atoms with Gasteiger partial charge in [-0.2, -0.15) is 0 Å². The molecule has 0 saturated heterocycles. The fourth-order valence-corrected chi connectivity index (χ4v) is 3.17. The molecule has 0 saturated carbocycles. The van der Waals surface area contributed by atoms with E-state index in [0.29, 0.717) is 0 Å². The van der Waals surface area contributed by atoms with Gasteiger partial charge in [-0.05, 0) is 42.0 Å². The third kappa shape index (κ3) is 3.09. The molecule has 0 fully saturated rings. The van der Waals surface area contributed by atoms with E-state index in [-0.39, 0.29) is 0 Å². The maximum atomic E-state index is 5.47. The Morgan fingerprint density at radius 3 is 2.64 bits per heavy atom. The third-order valence-electron chi connectivity index (χ3n) is 4.29. The van der Waals surface area contributed by atoms with E-state index in [1.54, 1.807) is 14.2 Å². The highest BCUT2D eigenvalue weighted by atomic mass is 16.5. The zero-order valence-electron chi connectivity index (χ0n) is 13.3. The van der Waals surface area contributed by atoms with Gasteiger partial charge in [-0.25, -0.2) is 0 Å². The van der Waals surface area contributed by atoms with Crippen molar-refractivity contribution in [2.24, 2.45) is 0 Å². The van der Waals surface area contributed by atoms with Crippen LogP contribution in [-0.2, 0) is 25.9 Å². The van der Waals surface area contributed by atoms with Crippen LogP contribution in [0.2, 0.25) is 0 Å². The molecule has 0 amide bonds. The van der Waals surface area contributed by atoms with Gasteiger partial charge in [-0.1, -0.05) is 30.3 Å². The number of hydrogen-bond acceptors (Lipinski definition) is 3. The van der Waals surface area contributed by atoms with Crippen molar-refractivity contribution in [3.8, 4) is 11.5 Å². The van der Waals surface area contributed by atoms with E-state index in [2.05, 4.69) is 29.6 Å². The standard InChI is InChI=1S/C19H23NO2/c1-21-18-8-4-7-17(19(18)22-2)13-20-12-14-9-10-15-5-3-6-16(15)11-14/h4,7-11,20H,3,5-6,12-13H2,1-2H3. The molecule has 0 radical (unpaired) electrons. The van der Waals surface area contributed by atoms with Crippen LogP contribution in [0, 0.1) is 0 Å². The quantitative estimate of drug-likeness (QED) is 0.885. The first kappa shape index (κ1) is 14.9. The summed E-state index contributed by atoms with van der Waals surface area (Å²) in [6.07, 6.45) is 3.77. The van der Waals surface area contributed by atoms with Crippen molar-refractivity contribution in [3.05, 3.63) is 58.7 Å². The van der Waals surface area contributed by atoms with Gasteiger partial charge in [-0.3, -0.25) is 0 Å². The Morgan fingerprint density at radius 2 is 1.82 bits per heavy atom. The predicted octanol–water partition coefficient (Wildman–Crippen LogP) is 3.48. The highest BCUT2D eigenvalue weighted by Gasteiger charge is 2.11. The van der Waals surface area contributed by atoms with E-state index in [0.717, 1.165) is 30.2 Å². The number of benzene rings is 2. The Hall–Kier alpha value is -2.00. The van der Waals surface area contributed by atoms with Crippen LogP contribution in [0.3, 0.4) is 0 Å². The Bertz CT molecular complexity index is 652. The Kier molecular flexibility index (Phi) is 4.64. The molecule has 0 atom stereocenters. The summed E-state index contributed by atoms with van der Waals surface area (Å²) in [7, 11) is 3.35. The maximum absolute atomic E-state index is 5.47. The molecule has 0 aliphatic heterocycles. The SMILES string of the molecule is COc1cccc(CNCc2ccc3c(c2)CCC3)c1OC. The first-order chi connectivity index (χ1) is 10.8.